The summed E-state index contributed by atoms with van der Waals surface area (Å²) in [6, 6.07) is 0. The quantitative estimate of drug-likeness (QED) is 0.390. The number of methoxy groups -OCH3 is 2. The van der Waals surface area contributed by atoms with Crippen molar-refractivity contribution in [1.29, 1.82) is 0 Å². The third-order valence-corrected chi connectivity index (χ3v) is 2.75. The molecule has 0 fully saturated rings. The van der Waals surface area contributed by atoms with E-state index in [0.29, 0.717) is 0 Å². The molecule has 5 nitrogen and oxygen atoms in total. The predicted octanol–water partition coefficient (Wildman–Crippen LogP) is 1.13. The van der Waals surface area contributed by atoms with Crippen molar-refractivity contribution in [2.45, 2.75) is 12.5 Å². The van der Waals surface area contributed by atoms with Crippen molar-refractivity contribution in [2.24, 2.45) is 5.73 Å². The minimum absolute atomic E-state index is 0.813. The zero-order chi connectivity index (χ0) is 16.3. The van der Waals surface area contributed by atoms with Crippen molar-refractivity contribution in [3.05, 3.63) is 34.4 Å². The highest BCUT2D eigenvalue weighted by Gasteiger charge is 2.39. The Morgan fingerprint density at radius 3 is 1.62 bits per heavy atom. The van der Waals surface area contributed by atoms with Crippen LogP contribution in [0.15, 0.2) is 0 Å². The third-order valence-electron chi connectivity index (χ3n) is 2.75. The lowest BCUT2D eigenvalue weighted by Crippen LogP contribution is -2.28. The normalized spacial score (nSPS) is 10.7. The number of halogens is 4. The summed E-state index contributed by atoms with van der Waals surface area (Å²) >= 11 is 0. The van der Waals surface area contributed by atoms with Crippen molar-refractivity contribution in [2.75, 3.05) is 14.2 Å². The molecule has 0 aromatic heterocycles. The molecule has 9 heteroatoms. The van der Waals surface area contributed by atoms with E-state index < -0.39 is 58.8 Å². The molecule has 0 aliphatic carbocycles. The number of benzene rings is 1. The molecular weight excluding hydrogens is 298 g/mol. The van der Waals surface area contributed by atoms with Gasteiger partial charge in [-0.05, 0) is 0 Å². The van der Waals surface area contributed by atoms with Gasteiger partial charge in [0.25, 0.3) is 0 Å². The van der Waals surface area contributed by atoms with E-state index in [4.69, 9.17) is 5.73 Å². The summed E-state index contributed by atoms with van der Waals surface area (Å²) in [7, 11) is 1.66. The van der Waals surface area contributed by atoms with Crippen LogP contribution in [0.1, 0.15) is 17.0 Å². The van der Waals surface area contributed by atoms with E-state index in [1.54, 1.807) is 0 Å². The molecule has 0 amide bonds. The van der Waals surface area contributed by atoms with Crippen molar-refractivity contribution in [3.63, 3.8) is 0 Å². The van der Waals surface area contributed by atoms with Crippen LogP contribution in [-0.2, 0) is 25.6 Å². The van der Waals surface area contributed by atoms with Crippen LogP contribution in [0.4, 0.5) is 17.6 Å². The Hall–Kier alpha value is -2.16. The van der Waals surface area contributed by atoms with Gasteiger partial charge >= 0.3 is 11.9 Å². The smallest absolute Gasteiger partial charge is 0.324 e. The van der Waals surface area contributed by atoms with Gasteiger partial charge in [-0.25, -0.2) is 17.6 Å². The monoisotopic (exact) mass is 309 g/mol. The van der Waals surface area contributed by atoms with Crippen LogP contribution in [0.2, 0.25) is 0 Å². The first-order chi connectivity index (χ1) is 9.81. The van der Waals surface area contributed by atoms with Gasteiger partial charge in [0, 0.05) is 12.1 Å². The molecule has 0 spiro atoms. The second kappa shape index (κ2) is 6.53. The standard InChI is InChI=1S/C12H11F4NO4/c1-20-11(18)6(12(19)21-2)5-9(15)7(13)4(3-17)8(14)10(5)16/h6H,3,17H2,1-2H3. The van der Waals surface area contributed by atoms with Crippen LogP contribution in [0.25, 0.3) is 0 Å². The Labute approximate surface area is 116 Å². The fraction of sp³-hybridized carbons (Fsp3) is 0.333. The van der Waals surface area contributed by atoms with Gasteiger partial charge in [0.15, 0.2) is 29.2 Å². The van der Waals surface area contributed by atoms with Gasteiger partial charge in [-0.15, -0.1) is 0 Å². The van der Waals surface area contributed by atoms with E-state index in [1.807, 2.05) is 0 Å². The molecule has 1 aromatic rings. The van der Waals surface area contributed by atoms with Gasteiger partial charge in [-0.1, -0.05) is 0 Å². The highest BCUT2D eigenvalue weighted by atomic mass is 19.2. The number of esters is 2. The Kier molecular flexibility index (Phi) is 5.25. The Morgan fingerprint density at radius 2 is 1.33 bits per heavy atom. The van der Waals surface area contributed by atoms with E-state index in [1.165, 1.54) is 0 Å². The van der Waals surface area contributed by atoms with Crippen LogP contribution in [0.5, 0.6) is 0 Å². The molecule has 0 aliphatic heterocycles. The molecule has 1 rings (SSSR count). The predicted molar refractivity (Wildman–Crippen MR) is 60.9 cm³/mol. The molecular formula is C12H11F4NO4. The van der Waals surface area contributed by atoms with Crippen molar-refractivity contribution in [1.82, 2.24) is 0 Å². The highest BCUT2D eigenvalue weighted by molar-refractivity contribution is 6.00. The van der Waals surface area contributed by atoms with E-state index in [2.05, 4.69) is 9.47 Å². The highest BCUT2D eigenvalue weighted by Crippen LogP contribution is 2.31. The SMILES string of the molecule is COC(=O)C(C(=O)OC)c1c(F)c(F)c(CN)c(F)c1F. The minimum Gasteiger partial charge on any atom is -0.468 e. The van der Waals surface area contributed by atoms with Crippen LogP contribution >= 0.6 is 0 Å². The van der Waals surface area contributed by atoms with Crippen LogP contribution < -0.4 is 5.73 Å². The van der Waals surface area contributed by atoms with E-state index in [0.717, 1.165) is 14.2 Å². The summed E-state index contributed by atoms with van der Waals surface area (Å²) in [6.07, 6.45) is 0. The van der Waals surface area contributed by atoms with Gasteiger partial charge < -0.3 is 15.2 Å². The number of rotatable bonds is 4. The van der Waals surface area contributed by atoms with E-state index in [9.17, 15) is 27.2 Å². The number of hydrogen-bond donors (Lipinski definition) is 1. The lowest BCUT2D eigenvalue weighted by atomic mass is 9.95. The fourth-order valence-corrected chi connectivity index (χ4v) is 1.69. The first kappa shape index (κ1) is 16.9. The van der Waals surface area contributed by atoms with Gasteiger partial charge in [0.2, 0.25) is 0 Å². The minimum atomic E-state index is -2.30. The molecule has 0 aliphatic rings. The zero-order valence-electron chi connectivity index (χ0n) is 11.0. The largest absolute Gasteiger partial charge is 0.468 e. The lowest BCUT2D eigenvalue weighted by molar-refractivity contribution is -0.154. The Morgan fingerprint density at radius 1 is 0.952 bits per heavy atom. The van der Waals surface area contributed by atoms with Crippen LogP contribution in [0, 0.1) is 23.3 Å². The van der Waals surface area contributed by atoms with Crippen LogP contribution in [0.3, 0.4) is 0 Å². The van der Waals surface area contributed by atoms with Gasteiger partial charge in [-0.2, -0.15) is 0 Å². The summed E-state index contributed by atoms with van der Waals surface area (Å²) in [5.41, 5.74) is 2.52. The number of carbonyl (C=O) groups is 2. The molecule has 0 atom stereocenters. The average molecular weight is 309 g/mol. The second-order valence-corrected chi connectivity index (χ2v) is 3.83. The Balaban J connectivity index is 3.67. The molecule has 0 radical (unpaired) electrons. The molecule has 0 bridgehead atoms. The van der Waals surface area contributed by atoms with Gasteiger partial charge in [0.05, 0.1) is 19.8 Å². The van der Waals surface area contributed by atoms with E-state index in [-0.39, 0.29) is 0 Å². The Bertz CT molecular complexity index is 546. The summed E-state index contributed by atoms with van der Waals surface area (Å²) in [5.74, 6) is -12.5. The van der Waals surface area contributed by atoms with Crippen molar-refractivity contribution in [3.8, 4) is 0 Å². The lowest BCUT2D eigenvalue weighted by Gasteiger charge is -2.16. The second-order valence-electron chi connectivity index (χ2n) is 3.83. The molecule has 21 heavy (non-hydrogen) atoms. The molecule has 0 unspecified atom stereocenters. The molecule has 0 heterocycles. The summed E-state index contributed by atoms with van der Waals surface area (Å²) in [5, 5.41) is 0. The average Bonchev–Trinajstić information content (AvgIpc) is 2.48. The molecule has 116 valence electrons. The van der Waals surface area contributed by atoms with Gasteiger partial charge in [-0.3, -0.25) is 9.59 Å². The summed E-state index contributed by atoms with van der Waals surface area (Å²) < 4.78 is 63.4. The van der Waals surface area contributed by atoms with Crippen molar-refractivity contribution < 1.29 is 36.6 Å². The maximum atomic E-state index is 13.9. The third kappa shape index (κ3) is 2.82. The maximum absolute atomic E-state index is 13.9. The molecule has 0 saturated heterocycles. The summed E-state index contributed by atoms with van der Waals surface area (Å²) in [4.78, 5) is 22.9. The number of nitrogens with two attached hydrogens (primary N) is 1. The summed E-state index contributed by atoms with van der Waals surface area (Å²) in [6.45, 7) is -0.813. The van der Waals surface area contributed by atoms with E-state index >= 15 is 0 Å². The molecule has 1 aromatic carbocycles. The number of carbonyl (C=O) groups excluding carboxylic acids is 2. The van der Waals surface area contributed by atoms with Crippen LogP contribution in [-0.4, -0.2) is 26.2 Å². The number of hydrogen-bond acceptors (Lipinski definition) is 5. The fourth-order valence-electron chi connectivity index (χ4n) is 1.69. The first-order valence-electron chi connectivity index (χ1n) is 5.52. The number of ether oxygens (including phenoxy) is 2. The molecule has 0 saturated carbocycles. The maximum Gasteiger partial charge on any atom is 0.324 e. The van der Waals surface area contributed by atoms with Gasteiger partial charge in [0.1, 0.15) is 0 Å². The molecule has 2 N–H and O–H groups in total. The zero-order valence-corrected chi connectivity index (χ0v) is 11.0. The topological polar surface area (TPSA) is 78.6 Å². The van der Waals surface area contributed by atoms with Crippen molar-refractivity contribution >= 4 is 11.9 Å². The first-order valence-corrected chi connectivity index (χ1v) is 5.52.